The molecule has 0 aliphatic carbocycles. The zero-order chi connectivity index (χ0) is 15.2. The average Bonchev–Trinajstić information content (AvgIpc) is 2.80. The second-order valence-electron chi connectivity index (χ2n) is 4.77. The van der Waals surface area contributed by atoms with Crippen LogP contribution in [0.1, 0.15) is 11.1 Å². The third-order valence-electron chi connectivity index (χ3n) is 3.11. The van der Waals surface area contributed by atoms with E-state index in [9.17, 15) is 13.2 Å². The molecule has 0 fully saturated rings. The lowest BCUT2D eigenvalue weighted by atomic mass is 10.1. The Morgan fingerprint density at radius 3 is 2.67 bits per heavy atom. The summed E-state index contributed by atoms with van der Waals surface area (Å²) < 4.78 is 38.4. The van der Waals surface area contributed by atoms with Gasteiger partial charge in [0.15, 0.2) is 5.65 Å². The van der Waals surface area contributed by atoms with Crippen molar-refractivity contribution in [2.45, 2.75) is 13.1 Å². The Hall–Kier alpha value is -2.57. The number of H-pyrrole nitrogens is 1. The van der Waals surface area contributed by atoms with Crippen LogP contribution in [0.15, 0.2) is 30.5 Å². The van der Waals surface area contributed by atoms with Crippen molar-refractivity contribution in [3.63, 3.8) is 0 Å². The zero-order valence-electron chi connectivity index (χ0n) is 11.0. The fraction of sp³-hybridized carbons (Fsp3) is 0.143. The molecule has 2 aromatic heterocycles. The monoisotopic (exact) mass is 292 g/mol. The van der Waals surface area contributed by atoms with Gasteiger partial charge in [-0.1, -0.05) is 0 Å². The van der Waals surface area contributed by atoms with E-state index in [1.165, 1.54) is 6.07 Å². The smallest absolute Gasteiger partial charge is 0.398 e. The number of imidazole rings is 1. The number of aromatic nitrogens is 3. The Labute approximate surface area is 117 Å². The van der Waals surface area contributed by atoms with Gasteiger partial charge in [-0.3, -0.25) is 0 Å². The van der Waals surface area contributed by atoms with Crippen LogP contribution in [0.4, 0.5) is 18.9 Å². The molecule has 1 aromatic carbocycles. The molecule has 0 saturated carbocycles. The molecule has 3 aromatic rings. The normalized spacial score (nSPS) is 12.0. The Bertz CT molecular complexity index is 821. The van der Waals surface area contributed by atoms with Crippen molar-refractivity contribution >= 4 is 16.9 Å². The minimum Gasteiger partial charge on any atom is -0.398 e. The molecular weight excluding hydrogens is 281 g/mol. The molecule has 0 unspecified atom stereocenters. The second kappa shape index (κ2) is 4.47. The van der Waals surface area contributed by atoms with E-state index >= 15 is 0 Å². The summed E-state index contributed by atoms with van der Waals surface area (Å²) in [5.74, 6) is 0.270. The van der Waals surface area contributed by atoms with Crippen LogP contribution in [0.5, 0.6) is 0 Å². The number of pyridine rings is 1. The molecule has 7 heteroatoms. The number of nitrogens with two attached hydrogens (primary N) is 1. The van der Waals surface area contributed by atoms with Crippen molar-refractivity contribution in [3.05, 3.63) is 41.6 Å². The van der Waals surface area contributed by atoms with Crippen LogP contribution < -0.4 is 5.73 Å². The number of rotatable bonds is 1. The Morgan fingerprint density at radius 1 is 1.19 bits per heavy atom. The number of hydrogen-bond acceptors (Lipinski definition) is 3. The minimum atomic E-state index is -4.43. The maximum absolute atomic E-state index is 12.8. The third kappa shape index (κ3) is 2.42. The van der Waals surface area contributed by atoms with Gasteiger partial charge in [0, 0.05) is 17.4 Å². The maximum atomic E-state index is 12.8. The zero-order valence-corrected chi connectivity index (χ0v) is 11.0. The SMILES string of the molecule is Cc1cnc2nc(-c3cc(C(F)(F)F)ccc3N)[nH]c2c1. The van der Waals surface area contributed by atoms with Crippen molar-refractivity contribution in [3.8, 4) is 11.4 Å². The molecule has 21 heavy (non-hydrogen) atoms. The van der Waals surface area contributed by atoms with Crippen LogP contribution in [0.3, 0.4) is 0 Å². The van der Waals surface area contributed by atoms with Crippen LogP contribution in [0, 0.1) is 6.92 Å². The van der Waals surface area contributed by atoms with E-state index in [-0.39, 0.29) is 17.1 Å². The molecule has 4 nitrogen and oxygen atoms in total. The molecular formula is C14H11F3N4. The number of anilines is 1. The molecule has 2 heterocycles. The number of aryl methyl sites for hydroxylation is 1. The van der Waals surface area contributed by atoms with Crippen molar-refractivity contribution in [1.82, 2.24) is 15.0 Å². The summed E-state index contributed by atoms with van der Waals surface area (Å²) in [4.78, 5) is 11.3. The summed E-state index contributed by atoms with van der Waals surface area (Å²) in [6.45, 7) is 1.87. The minimum absolute atomic E-state index is 0.209. The van der Waals surface area contributed by atoms with E-state index in [2.05, 4.69) is 15.0 Å². The molecule has 0 bridgehead atoms. The number of nitrogens with one attached hydrogen (secondary N) is 1. The highest BCUT2D eigenvalue weighted by atomic mass is 19.4. The van der Waals surface area contributed by atoms with Gasteiger partial charge in [-0.2, -0.15) is 13.2 Å². The summed E-state index contributed by atoms with van der Waals surface area (Å²) in [6, 6.07) is 4.98. The lowest BCUT2D eigenvalue weighted by Crippen LogP contribution is -2.06. The van der Waals surface area contributed by atoms with Gasteiger partial charge >= 0.3 is 6.18 Å². The van der Waals surface area contributed by atoms with E-state index in [0.29, 0.717) is 11.2 Å². The predicted molar refractivity (Wildman–Crippen MR) is 73.5 cm³/mol. The largest absolute Gasteiger partial charge is 0.416 e. The quantitative estimate of drug-likeness (QED) is 0.674. The number of hydrogen-bond donors (Lipinski definition) is 2. The van der Waals surface area contributed by atoms with E-state index in [1.54, 1.807) is 6.20 Å². The number of fused-ring (bicyclic) bond motifs is 1. The summed E-state index contributed by atoms with van der Waals surface area (Å²) >= 11 is 0. The van der Waals surface area contributed by atoms with Gasteiger partial charge in [-0.25, -0.2) is 9.97 Å². The van der Waals surface area contributed by atoms with Gasteiger partial charge in [0.05, 0.1) is 11.1 Å². The molecule has 0 saturated heterocycles. The number of aromatic amines is 1. The van der Waals surface area contributed by atoms with Crippen molar-refractivity contribution in [2.24, 2.45) is 0 Å². The molecule has 3 N–H and O–H groups in total. The predicted octanol–water partition coefficient (Wildman–Crippen LogP) is 3.53. The standard InChI is InChI=1S/C14H11F3N4/c1-7-4-11-13(19-6-7)21-12(20-11)9-5-8(14(15,16)17)2-3-10(9)18/h2-6H,18H2,1H3,(H,19,20,21). The van der Waals surface area contributed by atoms with Crippen molar-refractivity contribution in [1.29, 1.82) is 0 Å². The highest BCUT2D eigenvalue weighted by molar-refractivity contribution is 5.80. The van der Waals surface area contributed by atoms with E-state index in [1.807, 2.05) is 13.0 Å². The van der Waals surface area contributed by atoms with E-state index < -0.39 is 11.7 Å². The molecule has 0 spiro atoms. The van der Waals surface area contributed by atoms with Gasteiger partial charge in [0.25, 0.3) is 0 Å². The first-order valence-corrected chi connectivity index (χ1v) is 6.14. The van der Waals surface area contributed by atoms with E-state index in [4.69, 9.17) is 5.73 Å². The fourth-order valence-corrected chi connectivity index (χ4v) is 2.07. The number of nitrogen functional groups attached to an aromatic ring is 1. The summed E-state index contributed by atoms with van der Waals surface area (Å²) in [7, 11) is 0. The maximum Gasteiger partial charge on any atom is 0.416 e. The highest BCUT2D eigenvalue weighted by Gasteiger charge is 2.31. The van der Waals surface area contributed by atoms with Crippen LogP contribution in [-0.2, 0) is 6.18 Å². The molecule has 0 aliphatic heterocycles. The first-order valence-electron chi connectivity index (χ1n) is 6.14. The highest BCUT2D eigenvalue weighted by Crippen LogP contribution is 2.34. The number of halogens is 3. The van der Waals surface area contributed by atoms with Crippen LogP contribution in [0.2, 0.25) is 0 Å². The van der Waals surface area contributed by atoms with Gasteiger partial charge in [-0.15, -0.1) is 0 Å². The third-order valence-corrected chi connectivity index (χ3v) is 3.11. The Balaban J connectivity index is 2.17. The average molecular weight is 292 g/mol. The number of nitrogens with zero attached hydrogens (tertiary/aromatic N) is 2. The summed E-state index contributed by atoms with van der Waals surface area (Å²) in [6.07, 6.45) is -2.79. The summed E-state index contributed by atoms with van der Waals surface area (Å²) in [5, 5.41) is 0. The van der Waals surface area contributed by atoms with E-state index in [0.717, 1.165) is 17.7 Å². The lowest BCUT2D eigenvalue weighted by molar-refractivity contribution is -0.137. The lowest BCUT2D eigenvalue weighted by Gasteiger charge is -2.09. The van der Waals surface area contributed by atoms with Gasteiger partial charge in [0.1, 0.15) is 5.82 Å². The summed E-state index contributed by atoms with van der Waals surface area (Å²) in [5.41, 5.74) is 7.45. The number of benzene rings is 1. The molecule has 0 aliphatic rings. The first kappa shape index (κ1) is 13.4. The molecule has 0 radical (unpaired) electrons. The van der Waals surface area contributed by atoms with Crippen molar-refractivity contribution < 1.29 is 13.2 Å². The molecule has 108 valence electrons. The van der Waals surface area contributed by atoms with Gasteiger partial charge in [0.2, 0.25) is 0 Å². The Kier molecular flexibility index (Phi) is 2.86. The van der Waals surface area contributed by atoms with Gasteiger partial charge in [-0.05, 0) is 36.8 Å². The Morgan fingerprint density at radius 2 is 1.95 bits per heavy atom. The fourth-order valence-electron chi connectivity index (χ4n) is 2.07. The van der Waals surface area contributed by atoms with Crippen molar-refractivity contribution in [2.75, 3.05) is 5.73 Å². The molecule has 0 amide bonds. The molecule has 3 rings (SSSR count). The van der Waals surface area contributed by atoms with Crippen LogP contribution in [0.25, 0.3) is 22.6 Å². The first-order chi connectivity index (χ1) is 9.84. The number of alkyl halides is 3. The second-order valence-corrected chi connectivity index (χ2v) is 4.77. The van der Waals surface area contributed by atoms with Crippen LogP contribution >= 0.6 is 0 Å². The molecule has 0 atom stereocenters. The van der Waals surface area contributed by atoms with Crippen LogP contribution in [-0.4, -0.2) is 15.0 Å². The van der Waals surface area contributed by atoms with Gasteiger partial charge < -0.3 is 10.7 Å². The topological polar surface area (TPSA) is 67.6 Å².